The van der Waals surface area contributed by atoms with Gasteiger partial charge in [-0.15, -0.1) is 0 Å². The SMILES string of the molecule is Cc1cnn(-c2ccc(-c3ccc(O)cc3)cc2)c1. The van der Waals surface area contributed by atoms with Gasteiger partial charge in [0.2, 0.25) is 0 Å². The molecule has 0 spiro atoms. The first kappa shape index (κ1) is 11.5. The highest BCUT2D eigenvalue weighted by Crippen LogP contribution is 2.23. The summed E-state index contributed by atoms with van der Waals surface area (Å²) in [4.78, 5) is 0. The minimum absolute atomic E-state index is 0.285. The molecule has 1 N–H and O–H groups in total. The van der Waals surface area contributed by atoms with Crippen LogP contribution in [0.15, 0.2) is 60.9 Å². The number of aryl methyl sites for hydroxylation is 1. The van der Waals surface area contributed by atoms with E-state index in [2.05, 4.69) is 17.2 Å². The van der Waals surface area contributed by atoms with Crippen LogP contribution in [0.4, 0.5) is 0 Å². The summed E-state index contributed by atoms with van der Waals surface area (Å²) < 4.78 is 1.86. The Morgan fingerprint density at radius 1 is 0.895 bits per heavy atom. The van der Waals surface area contributed by atoms with Crippen molar-refractivity contribution in [2.45, 2.75) is 6.92 Å². The van der Waals surface area contributed by atoms with Gasteiger partial charge >= 0.3 is 0 Å². The molecule has 1 heterocycles. The Hall–Kier alpha value is -2.55. The number of phenols is 1. The van der Waals surface area contributed by atoms with Crippen LogP contribution >= 0.6 is 0 Å². The fourth-order valence-corrected chi connectivity index (χ4v) is 2.01. The maximum absolute atomic E-state index is 9.29. The molecule has 3 aromatic rings. The van der Waals surface area contributed by atoms with E-state index in [0.717, 1.165) is 22.4 Å². The van der Waals surface area contributed by atoms with E-state index in [4.69, 9.17) is 0 Å². The predicted octanol–water partition coefficient (Wildman–Crippen LogP) is 3.55. The second kappa shape index (κ2) is 4.61. The molecular weight excluding hydrogens is 236 g/mol. The summed E-state index contributed by atoms with van der Waals surface area (Å²) in [6.45, 7) is 2.02. The molecule has 0 saturated carbocycles. The molecular formula is C16H14N2O. The molecule has 3 heteroatoms. The van der Waals surface area contributed by atoms with Gasteiger partial charge in [-0.25, -0.2) is 4.68 Å². The van der Waals surface area contributed by atoms with Gasteiger partial charge in [0, 0.05) is 6.20 Å². The Morgan fingerprint density at radius 3 is 2.00 bits per heavy atom. The monoisotopic (exact) mass is 250 g/mol. The van der Waals surface area contributed by atoms with Crippen LogP contribution < -0.4 is 0 Å². The number of aromatic nitrogens is 2. The Labute approximate surface area is 111 Å². The van der Waals surface area contributed by atoms with Crippen LogP contribution in [0.25, 0.3) is 16.8 Å². The highest BCUT2D eigenvalue weighted by atomic mass is 16.3. The first-order valence-corrected chi connectivity index (χ1v) is 6.13. The molecule has 2 aromatic carbocycles. The zero-order valence-electron chi connectivity index (χ0n) is 10.6. The highest BCUT2D eigenvalue weighted by Gasteiger charge is 2.01. The van der Waals surface area contributed by atoms with Gasteiger partial charge in [0.15, 0.2) is 0 Å². The Morgan fingerprint density at radius 2 is 1.47 bits per heavy atom. The molecule has 0 atom stereocenters. The normalized spacial score (nSPS) is 10.6. The van der Waals surface area contributed by atoms with E-state index in [1.165, 1.54) is 0 Å². The summed E-state index contributed by atoms with van der Waals surface area (Å²) >= 11 is 0. The summed E-state index contributed by atoms with van der Waals surface area (Å²) in [5.41, 5.74) is 4.38. The summed E-state index contributed by atoms with van der Waals surface area (Å²) in [5.74, 6) is 0.285. The van der Waals surface area contributed by atoms with Crippen molar-refractivity contribution >= 4 is 0 Å². The van der Waals surface area contributed by atoms with Gasteiger partial charge < -0.3 is 5.11 Å². The van der Waals surface area contributed by atoms with Crippen LogP contribution in [0.1, 0.15) is 5.56 Å². The fourth-order valence-electron chi connectivity index (χ4n) is 2.01. The predicted molar refractivity (Wildman–Crippen MR) is 75.4 cm³/mol. The zero-order chi connectivity index (χ0) is 13.2. The summed E-state index contributed by atoms with van der Waals surface area (Å²) in [6.07, 6.45) is 3.84. The Balaban J connectivity index is 1.92. The number of nitrogens with zero attached hydrogens (tertiary/aromatic N) is 2. The van der Waals surface area contributed by atoms with Crippen molar-refractivity contribution in [2.24, 2.45) is 0 Å². The van der Waals surface area contributed by atoms with Crippen LogP contribution in [-0.2, 0) is 0 Å². The minimum Gasteiger partial charge on any atom is -0.508 e. The van der Waals surface area contributed by atoms with Gasteiger partial charge in [-0.05, 0) is 47.9 Å². The van der Waals surface area contributed by atoms with Crippen molar-refractivity contribution in [1.82, 2.24) is 9.78 Å². The highest BCUT2D eigenvalue weighted by molar-refractivity contribution is 5.65. The van der Waals surface area contributed by atoms with E-state index in [1.54, 1.807) is 12.1 Å². The van der Waals surface area contributed by atoms with E-state index in [1.807, 2.05) is 48.3 Å². The van der Waals surface area contributed by atoms with Gasteiger partial charge in [0.1, 0.15) is 5.75 Å². The molecule has 0 fully saturated rings. The molecule has 19 heavy (non-hydrogen) atoms. The van der Waals surface area contributed by atoms with Crippen molar-refractivity contribution in [3.8, 4) is 22.6 Å². The molecule has 0 radical (unpaired) electrons. The van der Waals surface area contributed by atoms with E-state index < -0.39 is 0 Å². The topological polar surface area (TPSA) is 38.0 Å². The molecule has 0 aliphatic heterocycles. The third-order valence-corrected chi connectivity index (χ3v) is 3.04. The minimum atomic E-state index is 0.285. The van der Waals surface area contributed by atoms with Crippen molar-refractivity contribution in [1.29, 1.82) is 0 Å². The Kier molecular flexibility index (Phi) is 2.80. The largest absolute Gasteiger partial charge is 0.508 e. The van der Waals surface area contributed by atoms with Crippen molar-refractivity contribution in [2.75, 3.05) is 0 Å². The molecule has 94 valence electrons. The molecule has 3 nitrogen and oxygen atoms in total. The van der Waals surface area contributed by atoms with Crippen LogP contribution in [0.3, 0.4) is 0 Å². The third kappa shape index (κ3) is 2.36. The smallest absolute Gasteiger partial charge is 0.115 e. The summed E-state index contributed by atoms with van der Waals surface area (Å²) in [7, 11) is 0. The van der Waals surface area contributed by atoms with Gasteiger partial charge in [0.25, 0.3) is 0 Å². The van der Waals surface area contributed by atoms with E-state index >= 15 is 0 Å². The number of hydrogen-bond donors (Lipinski definition) is 1. The molecule has 0 bridgehead atoms. The van der Waals surface area contributed by atoms with E-state index in [0.29, 0.717) is 0 Å². The van der Waals surface area contributed by atoms with Crippen LogP contribution in [0, 0.1) is 6.92 Å². The van der Waals surface area contributed by atoms with Crippen LogP contribution in [-0.4, -0.2) is 14.9 Å². The average Bonchev–Trinajstić information content (AvgIpc) is 2.87. The van der Waals surface area contributed by atoms with Crippen LogP contribution in [0.2, 0.25) is 0 Å². The maximum atomic E-state index is 9.29. The first-order valence-electron chi connectivity index (χ1n) is 6.13. The fraction of sp³-hybridized carbons (Fsp3) is 0.0625. The average molecular weight is 250 g/mol. The number of aromatic hydroxyl groups is 1. The van der Waals surface area contributed by atoms with Gasteiger partial charge in [-0.2, -0.15) is 5.10 Å². The lowest BCUT2D eigenvalue weighted by atomic mass is 10.1. The van der Waals surface area contributed by atoms with Crippen molar-refractivity contribution in [3.63, 3.8) is 0 Å². The van der Waals surface area contributed by atoms with Crippen LogP contribution in [0.5, 0.6) is 5.75 Å². The third-order valence-electron chi connectivity index (χ3n) is 3.04. The lowest BCUT2D eigenvalue weighted by Crippen LogP contribution is -1.93. The van der Waals surface area contributed by atoms with Gasteiger partial charge in [-0.1, -0.05) is 24.3 Å². The number of hydrogen-bond acceptors (Lipinski definition) is 2. The maximum Gasteiger partial charge on any atom is 0.115 e. The van der Waals surface area contributed by atoms with Crippen molar-refractivity contribution in [3.05, 3.63) is 66.5 Å². The lowest BCUT2D eigenvalue weighted by molar-refractivity contribution is 0.475. The standard InChI is InChI=1S/C16H14N2O/c1-12-10-17-18(11-12)15-6-2-13(3-7-15)14-4-8-16(19)9-5-14/h2-11,19H,1H3. The number of phenolic OH excluding ortho intramolecular Hbond substituents is 1. The number of benzene rings is 2. The zero-order valence-corrected chi connectivity index (χ0v) is 10.6. The first-order chi connectivity index (χ1) is 9.22. The second-order valence-electron chi connectivity index (χ2n) is 4.56. The second-order valence-corrected chi connectivity index (χ2v) is 4.56. The Bertz CT molecular complexity index is 682. The van der Waals surface area contributed by atoms with Crippen molar-refractivity contribution < 1.29 is 5.11 Å². The summed E-state index contributed by atoms with van der Waals surface area (Å²) in [6, 6.07) is 15.4. The molecule has 0 saturated heterocycles. The van der Waals surface area contributed by atoms with E-state index in [9.17, 15) is 5.11 Å². The van der Waals surface area contributed by atoms with Gasteiger partial charge in [-0.3, -0.25) is 0 Å². The molecule has 0 amide bonds. The summed E-state index contributed by atoms with van der Waals surface area (Å²) in [5, 5.41) is 13.6. The molecule has 1 aromatic heterocycles. The molecule has 0 aliphatic carbocycles. The molecule has 0 aliphatic rings. The lowest BCUT2D eigenvalue weighted by Gasteiger charge is -2.05. The molecule has 3 rings (SSSR count). The molecule has 0 unspecified atom stereocenters. The van der Waals surface area contributed by atoms with Gasteiger partial charge in [0.05, 0.1) is 11.9 Å². The number of rotatable bonds is 2. The van der Waals surface area contributed by atoms with E-state index in [-0.39, 0.29) is 5.75 Å². The quantitative estimate of drug-likeness (QED) is 0.755.